The molecular weight excluding hydrogens is 534 g/mol. The van der Waals surface area contributed by atoms with Crippen LogP contribution in [-0.4, -0.2) is 56.6 Å². The van der Waals surface area contributed by atoms with Gasteiger partial charge in [0.25, 0.3) is 11.8 Å². The molecule has 0 saturated heterocycles. The van der Waals surface area contributed by atoms with Gasteiger partial charge >= 0.3 is 6.18 Å². The molecule has 1 unspecified atom stereocenters. The molecule has 0 fully saturated rings. The Morgan fingerprint density at radius 1 is 1.20 bits per heavy atom. The minimum atomic E-state index is -4.71. The van der Waals surface area contributed by atoms with Crippen LogP contribution in [0.2, 0.25) is 0 Å². The fraction of sp³-hybridized carbons (Fsp3) is 0.231. The van der Waals surface area contributed by atoms with Crippen LogP contribution in [0.3, 0.4) is 0 Å². The second kappa shape index (κ2) is 10.7. The highest BCUT2D eigenvalue weighted by atomic mass is 19.4. The minimum Gasteiger partial charge on any atom is -0.496 e. The molecule has 40 heavy (non-hydrogen) atoms. The van der Waals surface area contributed by atoms with Gasteiger partial charge in [0.2, 0.25) is 0 Å². The van der Waals surface area contributed by atoms with E-state index in [1.54, 1.807) is 12.1 Å². The summed E-state index contributed by atoms with van der Waals surface area (Å²) in [5, 5.41) is 10.7. The fourth-order valence-corrected chi connectivity index (χ4v) is 4.49. The molecule has 1 atom stereocenters. The van der Waals surface area contributed by atoms with Gasteiger partial charge < -0.3 is 15.0 Å². The molecule has 206 valence electrons. The van der Waals surface area contributed by atoms with Crippen LogP contribution in [0.1, 0.15) is 28.4 Å². The molecule has 2 aromatic heterocycles. The molecule has 10 nitrogen and oxygen atoms in total. The molecule has 0 radical (unpaired) electrons. The van der Waals surface area contributed by atoms with Crippen molar-refractivity contribution >= 4 is 23.3 Å². The van der Waals surface area contributed by atoms with Crippen molar-refractivity contribution in [1.29, 1.82) is 0 Å². The molecule has 2 aromatic carbocycles. The van der Waals surface area contributed by atoms with Crippen LogP contribution in [0.15, 0.2) is 61.2 Å². The van der Waals surface area contributed by atoms with Crippen molar-refractivity contribution in [2.24, 2.45) is 0 Å². The number of anilines is 2. The summed E-state index contributed by atoms with van der Waals surface area (Å²) in [5.74, 6) is -1.54. The van der Waals surface area contributed by atoms with E-state index in [4.69, 9.17) is 4.74 Å². The maximum atomic E-state index is 14.5. The van der Waals surface area contributed by atoms with Crippen LogP contribution >= 0.6 is 0 Å². The highest BCUT2D eigenvalue weighted by Crippen LogP contribution is 2.35. The number of nitrogens with zero attached hydrogens (tertiary/aromatic N) is 6. The Kier molecular flexibility index (Phi) is 7.15. The van der Waals surface area contributed by atoms with Gasteiger partial charge in [-0.25, -0.2) is 19.0 Å². The van der Waals surface area contributed by atoms with Gasteiger partial charge in [0.1, 0.15) is 42.0 Å². The smallest absolute Gasteiger partial charge is 0.406 e. The molecule has 0 aliphatic carbocycles. The van der Waals surface area contributed by atoms with E-state index < -0.39 is 36.4 Å². The summed E-state index contributed by atoms with van der Waals surface area (Å²) in [6.07, 6.45) is -0.504. The Hall–Kier alpha value is -4.88. The summed E-state index contributed by atoms with van der Waals surface area (Å²) in [5.41, 5.74) is 0.876. The van der Waals surface area contributed by atoms with Crippen molar-refractivity contribution in [3.05, 3.63) is 78.1 Å². The van der Waals surface area contributed by atoms with E-state index in [0.29, 0.717) is 16.3 Å². The van der Waals surface area contributed by atoms with Crippen LogP contribution in [0, 0.1) is 5.82 Å². The van der Waals surface area contributed by atoms with Crippen LogP contribution in [0.4, 0.5) is 29.1 Å². The summed E-state index contributed by atoms with van der Waals surface area (Å²) in [6, 6.07) is 8.71. The van der Waals surface area contributed by atoms with Crippen molar-refractivity contribution in [2.45, 2.75) is 25.1 Å². The number of nitrogens with one attached hydrogen (secondary N) is 1. The Balaban J connectivity index is 1.42. The third-order valence-electron chi connectivity index (χ3n) is 6.34. The van der Waals surface area contributed by atoms with Crippen molar-refractivity contribution in [2.75, 3.05) is 23.9 Å². The number of benzene rings is 2. The van der Waals surface area contributed by atoms with Crippen LogP contribution in [-0.2, 0) is 11.2 Å². The zero-order valence-electron chi connectivity index (χ0n) is 20.9. The highest BCUT2D eigenvalue weighted by molar-refractivity contribution is 6.06. The van der Waals surface area contributed by atoms with E-state index in [0.717, 1.165) is 6.07 Å². The van der Waals surface area contributed by atoms with Gasteiger partial charge in [-0.2, -0.15) is 13.2 Å². The number of amides is 2. The van der Waals surface area contributed by atoms with Crippen LogP contribution in [0.5, 0.6) is 5.75 Å². The first-order valence-corrected chi connectivity index (χ1v) is 12.0. The number of ether oxygens (including phenoxy) is 1. The van der Waals surface area contributed by atoms with Gasteiger partial charge in [-0.3, -0.25) is 9.59 Å². The first kappa shape index (κ1) is 26.7. The molecule has 5 rings (SSSR count). The second-order valence-corrected chi connectivity index (χ2v) is 8.88. The van der Waals surface area contributed by atoms with E-state index >= 15 is 0 Å². The Bertz CT molecular complexity index is 1560. The number of alkyl halides is 3. The van der Waals surface area contributed by atoms with Crippen molar-refractivity contribution in [3.8, 4) is 17.0 Å². The van der Waals surface area contributed by atoms with E-state index in [2.05, 4.69) is 25.6 Å². The van der Waals surface area contributed by atoms with E-state index in [1.807, 2.05) is 0 Å². The zero-order chi connectivity index (χ0) is 28.4. The molecule has 1 N–H and O–H groups in total. The molecule has 3 heterocycles. The normalized spacial score (nSPS) is 15.4. The molecular formula is C26H21F4N7O3. The number of fused-ring (bicyclic) bond motifs is 1. The molecule has 1 aliphatic heterocycles. The summed E-state index contributed by atoms with van der Waals surface area (Å²) >= 11 is 0. The third kappa shape index (κ3) is 5.46. The van der Waals surface area contributed by atoms with Crippen LogP contribution < -0.4 is 15.0 Å². The maximum Gasteiger partial charge on any atom is 0.406 e. The number of aromatic nitrogens is 5. The number of hydrogen-bond donors (Lipinski definition) is 1. The SMILES string of the molecule is COc1cc(-c2cn(C3CCc4c(F)cccc4N(CC(F)(F)F)C3=O)nn2)ccc1C(=O)Nc1ccncn1. The predicted molar refractivity (Wildman–Crippen MR) is 134 cm³/mol. The third-order valence-corrected chi connectivity index (χ3v) is 6.34. The van der Waals surface area contributed by atoms with Gasteiger partial charge in [0.05, 0.1) is 24.6 Å². The zero-order valence-corrected chi connectivity index (χ0v) is 20.9. The largest absolute Gasteiger partial charge is 0.496 e. The lowest BCUT2D eigenvalue weighted by Crippen LogP contribution is -2.42. The van der Waals surface area contributed by atoms with Gasteiger partial charge in [-0.05, 0) is 43.2 Å². The number of carbonyl (C=O) groups excluding carboxylic acids is 2. The highest BCUT2D eigenvalue weighted by Gasteiger charge is 2.40. The van der Waals surface area contributed by atoms with Gasteiger partial charge in [-0.15, -0.1) is 5.10 Å². The van der Waals surface area contributed by atoms with Crippen molar-refractivity contribution in [1.82, 2.24) is 25.0 Å². The number of hydrogen-bond acceptors (Lipinski definition) is 7. The standard InChI is InChI=1S/C26H21F4N7O3/c1-40-22-11-15(5-6-17(22)24(38)33-23-9-10-31-14-32-23)19-12-37(35-34-19)21-8-7-16-18(27)3-2-4-20(16)36(25(21)39)13-26(28,29)30/h2-6,9-12,14,21H,7-8,13H2,1H3,(H,31,32,33,38). The number of halogens is 4. The second-order valence-electron chi connectivity index (χ2n) is 8.88. The van der Waals surface area contributed by atoms with E-state index in [-0.39, 0.29) is 41.1 Å². The molecule has 14 heteroatoms. The Morgan fingerprint density at radius 2 is 2.02 bits per heavy atom. The molecule has 4 aromatic rings. The van der Waals surface area contributed by atoms with E-state index in [1.165, 1.54) is 54.8 Å². The number of rotatable bonds is 6. The fourth-order valence-electron chi connectivity index (χ4n) is 4.49. The Labute approximate surface area is 224 Å². The van der Waals surface area contributed by atoms with Gasteiger partial charge in [-0.1, -0.05) is 17.3 Å². The van der Waals surface area contributed by atoms with Crippen molar-refractivity contribution in [3.63, 3.8) is 0 Å². The quantitative estimate of drug-likeness (QED) is 0.355. The minimum absolute atomic E-state index is 0.00932. The monoisotopic (exact) mass is 555 g/mol. The topological polar surface area (TPSA) is 115 Å². The number of methoxy groups -OCH3 is 1. The van der Waals surface area contributed by atoms with Gasteiger partial charge in [0.15, 0.2) is 0 Å². The first-order chi connectivity index (χ1) is 19.1. The lowest BCUT2D eigenvalue weighted by Gasteiger charge is -2.26. The summed E-state index contributed by atoms with van der Waals surface area (Å²) in [6.45, 7) is -1.57. The van der Waals surface area contributed by atoms with E-state index in [9.17, 15) is 27.2 Å². The molecule has 0 spiro atoms. The average molecular weight is 555 g/mol. The summed E-state index contributed by atoms with van der Waals surface area (Å²) < 4.78 is 61.3. The van der Waals surface area contributed by atoms with Crippen molar-refractivity contribution < 1.29 is 31.9 Å². The maximum absolute atomic E-state index is 14.5. The summed E-state index contributed by atoms with van der Waals surface area (Å²) in [7, 11) is 1.38. The Morgan fingerprint density at radius 3 is 2.75 bits per heavy atom. The van der Waals surface area contributed by atoms with Gasteiger partial charge in [0, 0.05) is 17.3 Å². The molecule has 0 bridgehead atoms. The number of carbonyl (C=O) groups is 2. The summed E-state index contributed by atoms with van der Waals surface area (Å²) in [4.78, 5) is 34.4. The molecule has 0 saturated carbocycles. The first-order valence-electron chi connectivity index (χ1n) is 12.0. The predicted octanol–water partition coefficient (Wildman–Crippen LogP) is 4.22. The lowest BCUT2D eigenvalue weighted by molar-refractivity contribution is -0.134. The average Bonchev–Trinajstić information content (AvgIpc) is 3.37. The van der Waals surface area contributed by atoms with Crippen LogP contribution in [0.25, 0.3) is 11.3 Å². The molecule has 1 aliphatic rings. The molecule has 2 amide bonds. The lowest BCUT2D eigenvalue weighted by atomic mass is 10.1.